The zero-order valence-electron chi connectivity index (χ0n) is 38.7. The van der Waals surface area contributed by atoms with Crippen LogP contribution in [-0.2, 0) is 31.9 Å². The molecular formula is C57H57F2IrN3OSi. The van der Waals surface area contributed by atoms with Gasteiger partial charge in [0.25, 0.3) is 0 Å². The Labute approximate surface area is 397 Å². The molecule has 0 bridgehead atoms. The van der Waals surface area contributed by atoms with E-state index < -0.39 is 19.7 Å². The molecule has 0 aliphatic rings. The van der Waals surface area contributed by atoms with Crippen molar-refractivity contribution >= 4 is 35.2 Å². The fraction of sp³-hybridized carbons (Fsp3) is 0.211. The molecule has 0 saturated carbocycles. The van der Waals surface area contributed by atoms with E-state index >= 15 is 0 Å². The molecule has 0 atom stereocenters. The van der Waals surface area contributed by atoms with Crippen LogP contribution in [0.25, 0.3) is 66.8 Å². The van der Waals surface area contributed by atoms with E-state index in [9.17, 15) is 8.78 Å². The number of rotatable bonds is 7. The van der Waals surface area contributed by atoms with Crippen LogP contribution in [0.2, 0.25) is 19.6 Å². The van der Waals surface area contributed by atoms with Crippen LogP contribution in [0.3, 0.4) is 0 Å². The van der Waals surface area contributed by atoms with E-state index in [0.717, 1.165) is 57.6 Å². The molecule has 1 radical (unpaired) electrons. The molecule has 0 fully saturated rings. The topological polar surface area (TPSA) is 51.8 Å². The van der Waals surface area contributed by atoms with E-state index in [1.165, 1.54) is 39.1 Å². The van der Waals surface area contributed by atoms with Crippen LogP contribution in [0.1, 0.15) is 64.2 Å². The average molecular weight is 1060 g/mol. The molecule has 9 rings (SSSR count). The van der Waals surface area contributed by atoms with Crippen LogP contribution in [0.5, 0.6) is 0 Å². The van der Waals surface area contributed by atoms with Gasteiger partial charge in [-0.05, 0) is 112 Å². The number of furan rings is 1. The predicted octanol–water partition coefficient (Wildman–Crippen LogP) is 15.6. The third-order valence-corrected chi connectivity index (χ3v) is 13.4. The van der Waals surface area contributed by atoms with Crippen molar-refractivity contribution < 1.29 is 33.3 Å². The third-order valence-electron chi connectivity index (χ3n) is 11.4. The number of aromatic nitrogens is 3. The molecular weight excluding hydrogens is 1000 g/mol. The number of para-hydroxylation sites is 1. The van der Waals surface area contributed by atoms with Crippen LogP contribution in [0.4, 0.5) is 8.78 Å². The summed E-state index contributed by atoms with van der Waals surface area (Å²) in [7, 11) is -1.33. The van der Waals surface area contributed by atoms with E-state index in [1.54, 1.807) is 12.1 Å². The van der Waals surface area contributed by atoms with Gasteiger partial charge >= 0.3 is 0 Å². The summed E-state index contributed by atoms with van der Waals surface area (Å²) >= 11 is 0. The monoisotopic (exact) mass is 1060 g/mol. The molecule has 333 valence electrons. The van der Waals surface area contributed by atoms with Crippen molar-refractivity contribution in [3.63, 3.8) is 0 Å². The maximum atomic E-state index is 14.3. The first-order valence-electron chi connectivity index (χ1n) is 22.0. The Morgan fingerprint density at radius 2 is 1.25 bits per heavy atom. The average Bonchev–Trinajstić information content (AvgIpc) is 3.68. The third kappa shape index (κ3) is 11.7. The SMILES string of the molecule is CC(C)(C)c1ccnc(-c2cccc3c2oc2cc(-c4cc(F)ccc4F)ccc23)c1.CC(C)c1cc(-c2ccccc2)ncc1[Si](C)(C)C.CCc1ccnc(-c2ccccc2)c1.[Ir]. The van der Waals surface area contributed by atoms with Crippen LogP contribution in [-0.4, -0.2) is 23.0 Å². The van der Waals surface area contributed by atoms with E-state index in [4.69, 9.17) is 9.40 Å². The largest absolute Gasteiger partial charge is 0.455 e. The standard InChI is InChI=1S/C27H21F2NO.C17H23NSi.C13H13N.Ir/c1-27(2,3)17-11-12-30-24(14-17)21-6-4-5-20-19-9-7-16(13-25(19)31-26(20)21)22-15-18(28)8-10-23(22)29;1-13(2)15-11-16(14-9-7-6-8-10-14)18-12-17(15)19(3,4)5;1-2-11-8-9-14-13(10-11)12-6-4-3-5-7-12;/h4-15H,1-3H3;6-13H,1-5H3;3-10H,2H2,1H3;. The fourth-order valence-electron chi connectivity index (χ4n) is 7.73. The van der Waals surface area contributed by atoms with Gasteiger partial charge in [-0.1, -0.05) is 140 Å². The second-order valence-corrected chi connectivity index (χ2v) is 23.5. The van der Waals surface area contributed by atoms with Gasteiger partial charge in [0, 0.05) is 71.7 Å². The Morgan fingerprint density at radius 3 is 1.88 bits per heavy atom. The number of aryl methyl sites for hydroxylation is 1. The fourth-order valence-corrected chi connectivity index (χ4v) is 9.41. The van der Waals surface area contributed by atoms with Crippen molar-refractivity contribution in [3.05, 3.63) is 193 Å². The van der Waals surface area contributed by atoms with Gasteiger partial charge in [-0.3, -0.25) is 15.0 Å². The van der Waals surface area contributed by atoms with Crippen molar-refractivity contribution in [2.45, 2.75) is 78.9 Å². The molecule has 9 aromatic rings. The van der Waals surface area contributed by atoms with Gasteiger partial charge in [0.05, 0.1) is 25.2 Å². The second-order valence-electron chi connectivity index (χ2n) is 18.5. The molecule has 65 heavy (non-hydrogen) atoms. The van der Waals surface area contributed by atoms with E-state index in [-0.39, 0.29) is 31.1 Å². The number of hydrogen-bond acceptors (Lipinski definition) is 4. The van der Waals surface area contributed by atoms with Crippen molar-refractivity contribution in [1.29, 1.82) is 0 Å². The minimum Gasteiger partial charge on any atom is -0.455 e. The Morgan fingerprint density at radius 1 is 0.600 bits per heavy atom. The van der Waals surface area contributed by atoms with Crippen molar-refractivity contribution in [3.8, 4) is 44.9 Å². The summed E-state index contributed by atoms with van der Waals surface area (Å²) in [6.45, 7) is 20.4. The molecule has 0 spiro atoms. The van der Waals surface area contributed by atoms with Crippen LogP contribution >= 0.6 is 0 Å². The van der Waals surface area contributed by atoms with E-state index in [2.05, 4.69) is 138 Å². The number of pyridine rings is 3. The van der Waals surface area contributed by atoms with Crippen LogP contribution in [0.15, 0.2) is 169 Å². The smallest absolute Gasteiger partial charge is 0.144 e. The molecule has 4 aromatic heterocycles. The Kier molecular flexibility index (Phi) is 15.6. The van der Waals surface area contributed by atoms with Gasteiger partial charge in [0.2, 0.25) is 0 Å². The number of fused-ring (bicyclic) bond motifs is 3. The molecule has 8 heteroatoms. The van der Waals surface area contributed by atoms with Gasteiger partial charge in [-0.25, -0.2) is 8.78 Å². The van der Waals surface area contributed by atoms with Crippen molar-refractivity contribution in [2.75, 3.05) is 0 Å². The first-order valence-corrected chi connectivity index (χ1v) is 25.5. The molecule has 0 aliphatic carbocycles. The van der Waals surface area contributed by atoms with Crippen LogP contribution < -0.4 is 5.19 Å². The summed E-state index contributed by atoms with van der Waals surface area (Å²) < 4.78 is 34.2. The number of nitrogens with zero attached hydrogens (tertiary/aromatic N) is 3. The zero-order chi connectivity index (χ0) is 45.6. The van der Waals surface area contributed by atoms with Gasteiger partial charge in [-0.15, -0.1) is 0 Å². The molecule has 4 nitrogen and oxygen atoms in total. The van der Waals surface area contributed by atoms with E-state index in [0.29, 0.717) is 17.1 Å². The van der Waals surface area contributed by atoms with E-state index in [1.807, 2.05) is 67.0 Å². The van der Waals surface area contributed by atoms with Gasteiger partial charge in [0.1, 0.15) is 22.8 Å². The predicted molar refractivity (Wildman–Crippen MR) is 267 cm³/mol. The molecule has 0 unspecified atom stereocenters. The first-order chi connectivity index (χ1) is 30.6. The summed E-state index contributed by atoms with van der Waals surface area (Å²) in [5.74, 6) is -0.402. The Bertz CT molecular complexity index is 3010. The molecule has 5 aromatic carbocycles. The summed E-state index contributed by atoms with van der Waals surface area (Å²) in [5.41, 5.74) is 12.4. The van der Waals surface area contributed by atoms with Gasteiger partial charge < -0.3 is 4.42 Å². The normalized spacial score (nSPS) is 11.4. The minimum absolute atomic E-state index is 0. The molecule has 0 N–H and O–H groups in total. The maximum absolute atomic E-state index is 14.3. The molecule has 0 aliphatic heterocycles. The first kappa shape index (κ1) is 48.5. The summed E-state index contributed by atoms with van der Waals surface area (Å²) in [5, 5.41) is 3.37. The van der Waals surface area contributed by atoms with Gasteiger partial charge in [-0.2, -0.15) is 0 Å². The van der Waals surface area contributed by atoms with Crippen LogP contribution in [0, 0.1) is 11.6 Å². The van der Waals surface area contributed by atoms with Gasteiger partial charge in [0.15, 0.2) is 0 Å². The Hall–Kier alpha value is -5.92. The van der Waals surface area contributed by atoms with Crippen molar-refractivity contribution in [2.24, 2.45) is 0 Å². The summed E-state index contributed by atoms with van der Waals surface area (Å²) in [6, 6.07) is 46.2. The Balaban J connectivity index is 0.000000176. The molecule has 0 amide bonds. The quantitative estimate of drug-likeness (QED) is 0.149. The molecule has 0 saturated heterocycles. The minimum atomic E-state index is -1.33. The second kappa shape index (κ2) is 20.9. The molecule has 4 heterocycles. The maximum Gasteiger partial charge on any atom is 0.144 e. The van der Waals surface area contributed by atoms with Crippen molar-refractivity contribution in [1.82, 2.24) is 15.0 Å². The summed E-state index contributed by atoms with van der Waals surface area (Å²) in [4.78, 5) is 13.6. The number of benzene rings is 5. The zero-order valence-corrected chi connectivity index (χ0v) is 42.1. The number of hydrogen-bond donors (Lipinski definition) is 0. The number of halogens is 2. The summed E-state index contributed by atoms with van der Waals surface area (Å²) in [6.07, 6.45) is 6.87.